The van der Waals surface area contributed by atoms with Gasteiger partial charge in [0, 0.05) is 11.4 Å². The Bertz CT molecular complexity index is 844. The molecule has 0 bridgehead atoms. The van der Waals surface area contributed by atoms with Crippen LogP contribution < -0.4 is 10.2 Å². The summed E-state index contributed by atoms with van der Waals surface area (Å²) in [6.07, 6.45) is 0. The molecule has 0 saturated carbocycles. The third-order valence-electron chi connectivity index (χ3n) is 4.41. The van der Waals surface area contributed by atoms with E-state index in [1.54, 1.807) is 0 Å². The lowest BCUT2D eigenvalue weighted by Crippen LogP contribution is -2.48. The number of aryl methyl sites for hydroxylation is 1. The van der Waals surface area contributed by atoms with Gasteiger partial charge in [-0.3, -0.25) is 4.90 Å². The van der Waals surface area contributed by atoms with Crippen LogP contribution in [0.4, 0.5) is 5.69 Å². The fourth-order valence-electron chi connectivity index (χ4n) is 3.12. The second kappa shape index (κ2) is 7.70. The van der Waals surface area contributed by atoms with Crippen molar-refractivity contribution in [2.45, 2.75) is 26.8 Å². The third-order valence-corrected chi connectivity index (χ3v) is 4.71. The molecule has 2 aromatic carbocycles. The maximum absolute atomic E-state index is 12.7. The Kier molecular flexibility index (Phi) is 5.38. The molecule has 0 fully saturated rings. The molecule has 0 spiro atoms. The molecule has 5 heteroatoms. The first kappa shape index (κ1) is 18.1. The standard InChI is InChI=1S/C21H22N2O2S/c1-4-25-20(24)18-15(3)23(17-12-10-14(2)11-13-17)21(26)22-19(18)16-8-6-5-7-9-16/h5-13,19H,4H2,1-3H3,(H,22,26)/t19-/m0/s1. The Hall–Kier alpha value is -2.66. The minimum absolute atomic E-state index is 0.325. The fraction of sp³-hybridized carbons (Fsp3) is 0.238. The van der Waals surface area contributed by atoms with Crippen molar-refractivity contribution >= 4 is 29.0 Å². The van der Waals surface area contributed by atoms with Crippen LogP contribution in [0.2, 0.25) is 0 Å². The minimum Gasteiger partial charge on any atom is -0.463 e. The predicted octanol–water partition coefficient (Wildman–Crippen LogP) is 4.27. The van der Waals surface area contributed by atoms with E-state index in [-0.39, 0.29) is 12.0 Å². The molecule has 1 heterocycles. The molecule has 1 atom stereocenters. The number of hydrogen-bond donors (Lipinski definition) is 1. The van der Waals surface area contributed by atoms with Crippen molar-refractivity contribution in [1.82, 2.24) is 5.32 Å². The monoisotopic (exact) mass is 366 g/mol. The number of nitrogens with zero attached hydrogens (tertiary/aromatic N) is 1. The van der Waals surface area contributed by atoms with Crippen LogP contribution >= 0.6 is 12.2 Å². The van der Waals surface area contributed by atoms with E-state index in [1.807, 2.05) is 80.3 Å². The molecule has 4 nitrogen and oxygen atoms in total. The Balaban J connectivity index is 2.11. The number of hydrogen-bond acceptors (Lipinski definition) is 3. The van der Waals surface area contributed by atoms with Gasteiger partial charge in [-0.25, -0.2) is 4.79 Å². The Labute approximate surface area is 159 Å². The summed E-state index contributed by atoms with van der Waals surface area (Å²) in [4.78, 5) is 14.6. The van der Waals surface area contributed by atoms with E-state index in [1.165, 1.54) is 5.56 Å². The zero-order valence-electron chi connectivity index (χ0n) is 15.2. The lowest BCUT2D eigenvalue weighted by molar-refractivity contribution is -0.139. The molecule has 1 aliphatic heterocycles. The molecular weight excluding hydrogens is 344 g/mol. The molecular formula is C21H22N2O2S. The number of carbonyl (C=O) groups is 1. The summed E-state index contributed by atoms with van der Waals surface area (Å²) in [7, 11) is 0. The lowest BCUT2D eigenvalue weighted by atomic mass is 9.95. The van der Waals surface area contributed by atoms with Crippen LogP contribution in [-0.4, -0.2) is 17.7 Å². The molecule has 3 rings (SSSR count). The minimum atomic E-state index is -0.329. The van der Waals surface area contributed by atoms with E-state index in [0.717, 1.165) is 16.9 Å². The van der Waals surface area contributed by atoms with Crippen LogP contribution in [0.15, 0.2) is 65.9 Å². The number of allylic oxidation sites excluding steroid dienone is 1. The number of carbonyl (C=O) groups excluding carboxylic acids is 1. The molecule has 2 aromatic rings. The van der Waals surface area contributed by atoms with E-state index in [2.05, 4.69) is 5.32 Å². The van der Waals surface area contributed by atoms with Gasteiger partial charge in [0.15, 0.2) is 5.11 Å². The lowest BCUT2D eigenvalue weighted by Gasteiger charge is -2.37. The van der Waals surface area contributed by atoms with Gasteiger partial charge in [0.2, 0.25) is 0 Å². The molecule has 0 aromatic heterocycles. The normalized spacial score (nSPS) is 17.1. The van der Waals surface area contributed by atoms with Crippen LogP contribution in [0.5, 0.6) is 0 Å². The number of anilines is 1. The molecule has 0 aliphatic carbocycles. The maximum Gasteiger partial charge on any atom is 0.338 e. The Morgan fingerprint density at radius 1 is 1.12 bits per heavy atom. The van der Waals surface area contributed by atoms with Crippen molar-refractivity contribution in [2.24, 2.45) is 0 Å². The number of ether oxygens (including phenoxy) is 1. The van der Waals surface area contributed by atoms with Gasteiger partial charge in [-0.05, 0) is 50.7 Å². The van der Waals surface area contributed by atoms with Crippen molar-refractivity contribution in [3.63, 3.8) is 0 Å². The van der Waals surface area contributed by atoms with Crippen molar-refractivity contribution in [2.75, 3.05) is 11.5 Å². The van der Waals surface area contributed by atoms with Crippen molar-refractivity contribution < 1.29 is 9.53 Å². The first-order valence-corrected chi connectivity index (χ1v) is 9.04. The zero-order chi connectivity index (χ0) is 18.7. The zero-order valence-corrected chi connectivity index (χ0v) is 16.0. The van der Waals surface area contributed by atoms with Crippen LogP contribution in [0.25, 0.3) is 0 Å². The van der Waals surface area contributed by atoms with Crippen molar-refractivity contribution in [3.05, 3.63) is 77.0 Å². The van der Waals surface area contributed by atoms with Gasteiger partial charge in [-0.2, -0.15) is 0 Å². The average molecular weight is 366 g/mol. The summed E-state index contributed by atoms with van der Waals surface area (Å²) in [5, 5.41) is 3.88. The SMILES string of the molecule is CCOC(=O)C1=C(C)N(c2ccc(C)cc2)C(=S)N[C@H]1c1ccccc1. The summed E-state index contributed by atoms with van der Waals surface area (Å²) in [5.41, 5.74) is 4.41. The van der Waals surface area contributed by atoms with Gasteiger partial charge in [0.05, 0.1) is 18.2 Å². The second-order valence-corrected chi connectivity index (χ2v) is 6.57. The van der Waals surface area contributed by atoms with Gasteiger partial charge in [0.1, 0.15) is 0 Å². The first-order valence-electron chi connectivity index (χ1n) is 8.63. The maximum atomic E-state index is 12.7. The van der Waals surface area contributed by atoms with Crippen LogP contribution in [0.3, 0.4) is 0 Å². The van der Waals surface area contributed by atoms with Crippen molar-refractivity contribution in [3.8, 4) is 0 Å². The fourth-order valence-corrected chi connectivity index (χ4v) is 3.48. The third kappa shape index (κ3) is 3.48. The van der Waals surface area contributed by atoms with E-state index in [0.29, 0.717) is 17.3 Å². The molecule has 0 saturated heterocycles. The van der Waals surface area contributed by atoms with Gasteiger partial charge in [-0.15, -0.1) is 0 Å². The summed E-state index contributed by atoms with van der Waals surface area (Å²) in [5.74, 6) is -0.328. The van der Waals surface area contributed by atoms with Crippen LogP contribution in [0, 0.1) is 6.92 Å². The Morgan fingerprint density at radius 3 is 2.38 bits per heavy atom. The highest BCUT2D eigenvalue weighted by Gasteiger charge is 2.35. The number of thiocarbonyl (C=S) groups is 1. The number of esters is 1. The summed E-state index contributed by atoms with van der Waals surface area (Å²) in [6.45, 7) is 6.08. The van der Waals surface area contributed by atoms with Gasteiger partial charge in [0.25, 0.3) is 0 Å². The second-order valence-electron chi connectivity index (χ2n) is 6.18. The highest BCUT2D eigenvalue weighted by molar-refractivity contribution is 7.80. The van der Waals surface area contributed by atoms with E-state index < -0.39 is 0 Å². The topological polar surface area (TPSA) is 41.6 Å². The van der Waals surface area contributed by atoms with Crippen LogP contribution in [0.1, 0.15) is 31.0 Å². The summed E-state index contributed by atoms with van der Waals surface area (Å²) >= 11 is 5.63. The molecule has 1 aliphatic rings. The van der Waals surface area contributed by atoms with E-state index >= 15 is 0 Å². The highest BCUT2D eigenvalue weighted by Crippen LogP contribution is 2.34. The first-order chi connectivity index (χ1) is 12.5. The molecule has 0 unspecified atom stereocenters. The number of nitrogens with one attached hydrogen (secondary N) is 1. The summed E-state index contributed by atoms with van der Waals surface area (Å²) < 4.78 is 5.34. The number of benzene rings is 2. The van der Waals surface area contributed by atoms with Gasteiger partial charge >= 0.3 is 5.97 Å². The predicted molar refractivity (Wildman–Crippen MR) is 108 cm³/mol. The van der Waals surface area contributed by atoms with Crippen molar-refractivity contribution in [1.29, 1.82) is 0 Å². The highest BCUT2D eigenvalue weighted by atomic mass is 32.1. The molecule has 1 N–H and O–H groups in total. The average Bonchev–Trinajstić information content (AvgIpc) is 2.63. The molecule has 0 radical (unpaired) electrons. The number of rotatable bonds is 4. The summed E-state index contributed by atoms with van der Waals surface area (Å²) in [6, 6.07) is 17.5. The quantitative estimate of drug-likeness (QED) is 0.647. The largest absolute Gasteiger partial charge is 0.463 e. The molecule has 26 heavy (non-hydrogen) atoms. The van der Waals surface area contributed by atoms with E-state index in [9.17, 15) is 4.79 Å². The molecule has 134 valence electrons. The van der Waals surface area contributed by atoms with Gasteiger partial charge < -0.3 is 10.1 Å². The Morgan fingerprint density at radius 2 is 1.77 bits per heavy atom. The van der Waals surface area contributed by atoms with E-state index in [4.69, 9.17) is 17.0 Å². The van der Waals surface area contributed by atoms with Crippen LogP contribution in [-0.2, 0) is 9.53 Å². The smallest absolute Gasteiger partial charge is 0.338 e. The molecule has 0 amide bonds. The van der Waals surface area contributed by atoms with Gasteiger partial charge in [-0.1, -0.05) is 48.0 Å².